The van der Waals surface area contributed by atoms with Crippen LogP contribution in [0.2, 0.25) is 10.0 Å². The summed E-state index contributed by atoms with van der Waals surface area (Å²) in [7, 11) is 1.51. The molecule has 8 heteroatoms. The molecule has 0 saturated carbocycles. The van der Waals surface area contributed by atoms with Crippen molar-refractivity contribution in [1.29, 1.82) is 0 Å². The molecule has 0 aliphatic rings. The largest absolute Gasteiger partial charge is 0.493 e. The minimum Gasteiger partial charge on any atom is -0.493 e. The Bertz CT molecular complexity index is 856. The number of carbonyl (C=O) groups excluding carboxylic acids is 2. The van der Waals surface area contributed by atoms with E-state index in [0.717, 1.165) is 5.56 Å². The molecule has 6 nitrogen and oxygen atoms in total. The number of ether oxygens (including phenoxy) is 3. The Hall–Kier alpha value is -2.44. The van der Waals surface area contributed by atoms with Gasteiger partial charge in [-0.2, -0.15) is 0 Å². The van der Waals surface area contributed by atoms with Crippen LogP contribution in [0, 0.1) is 0 Å². The number of carbonyl (C=O) groups is 2. The average Bonchev–Trinajstić information content (AvgIpc) is 2.68. The third-order valence-corrected chi connectivity index (χ3v) is 4.59. The Morgan fingerprint density at radius 1 is 1.07 bits per heavy atom. The smallest absolute Gasteiger partial charge is 0.338 e. The van der Waals surface area contributed by atoms with Gasteiger partial charge in [0.2, 0.25) is 0 Å². The standard InChI is InChI=1S/C20H21Cl2NO5/c1-4-27-18-10-14(6-8-17(18)26-3)20(25)28-11-19(24)23-12(2)13-5-7-15(21)16(22)9-13/h5-10,12H,4,11H2,1-3H3,(H,23,24). The topological polar surface area (TPSA) is 73.9 Å². The molecule has 1 unspecified atom stereocenters. The van der Waals surface area contributed by atoms with Crippen molar-refractivity contribution in [2.45, 2.75) is 19.9 Å². The summed E-state index contributed by atoms with van der Waals surface area (Å²) in [5.41, 5.74) is 1.04. The van der Waals surface area contributed by atoms with E-state index in [1.165, 1.54) is 13.2 Å². The molecule has 1 atom stereocenters. The summed E-state index contributed by atoms with van der Waals surface area (Å²) in [4.78, 5) is 24.3. The molecule has 28 heavy (non-hydrogen) atoms. The van der Waals surface area contributed by atoms with Crippen LogP contribution in [-0.2, 0) is 9.53 Å². The Morgan fingerprint density at radius 3 is 2.46 bits per heavy atom. The van der Waals surface area contributed by atoms with E-state index in [4.69, 9.17) is 37.4 Å². The van der Waals surface area contributed by atoms with Gasteiger partial charge in [0.15, 0.2) is 18.1 Å². The van der Waals surface area contributed by atoms with Crippen molar-refractivity contribution in [3.63, 3.8) is 0 Å². The lowest BCUT2D eigenvalue weighted by Gasteiger charge is -2.15. The van der Waals surface area contributed by atoms with Gasteiger partial charge in [-0.1, -0.05) is 29.3 Å². The van der Waals surface area contributed by atoms with Gasteiger partial charge in [0.25, 0.3) is 5.91 Å². The van der Waals surface area contributed by atoms with Gasteiger partial charge in [0.05, 0.1) is 35.4 Å². The monoisotopic (exact) mass is 425 g/mol. The number of hydrogen-bond donors (Lipinski definition) is 1. The van der Waals surface area contributed by atoms with Crippen LogP contribution in [0.4, 0.5) is 0 Å². The molecule has 0 spiro atoms. The minimum absolute atomic E-state index is 0.259. The van der Waals surface area contributed by atoms with Crippen LogP contribution in [0.5, 0.6) is 11.5 Å². The molecule has 2 aromatic carbocycles. The third kappa shape index (κ3) is 5.78. The van der Waals surface area contributed by atoms with Crippen LogP contribution < -0.4 is 14.8 Å². The van der Waals surface area contributed by atoms with Gasteiger partial charge in [0, 0.05) is 0 Å². The predicted octanol–water partition coefficient (Wildman–Crippen LogP) is 4.43. The fourth-order valence-corrected chi connectivity index (χ4v) is 2.74. The molecular weight excluding hydrogens is 405 g/mol. The van der Waals surface area contributed by atoms with E-state index in [9.17, 15) is 9.59 Å². The Labute approximate surface area is 173 Å². The predicted molar refractivity (Wildman–Crippen MR) is 107 cm³/mol. The van der Waals surface area contributed by atoms with Gasteiger partial charge in [-0.25, -0.2) is 4.79 Å². The Kier molecular flexibility index (Phi) is 7.96. The van der Waals surface area contributed by atoms with Crippen LogP contribution in [0.1, 0.15) is 35.8 Å². The number of amides is 1. The molecule has 0 bridgehead atoms. The molecule has 1 amide bonds. The third-order valence-electron chi connectivity index (χ3n) is 3.85. The van der Waals surface area contributed by atoms with Gasteiger partial charge < -0.3 is 19.5 Å². The van der Waals surface area contributed by atoms with Gasteiger partial charge in [-0.15, -0.1) is 0 Å². The molecule has 0 aliphatic carbocycles. The molecule has 0 saturated heterocycles. The van der Waals surface area contributed by atoms with Crippen LogP contribution in [0.25, 0.3) is 0 Å². The molecule has 0 fully saturated rings. The summed E-state index contributed by atoms with van der Waals surface area (Å²) >= 11 is 11.9. The van der Waals surface area contributed by atoms with Crippen LogP contribution >= 0.6 is 23.2 Å². The van der Waals surface area contributed by atoms with Crippen molar-refractivity contribution < 1.29 is 23.8 Å². The van der Waals surface area contributed by atoms with Crippen molar-refractivity contribution in [3.05, 3.63) is 57.6 Å². The molecule has 0 aliphatic heterocycles. The number of rotatable bonds is 8. The SMILES string of the molecule is CCOc1cc(C(=O)OCC(=O)NC(C)c2ccc(Cl)c(Cl)c2)ccc1OC. The summed E-state index contributed by atoms with van der Waals surface area (Å²) in [6.07, 6.45) is 0. The second-order valence-corrected chi connectivity index (χ2v) is 6.65. The van der Waals surface area contributed by atoms with Gasteiger partial charge in [-0.05, 0) is 49.7 Å². The first-order valence-corrected chi connectivity index (χ1v) is 9.33. The molecule has 0 radical (unpaired) electrons. The summed E-state index contributed by atoms with van der Waals surface area (Å²) in [5, 5.41) is 3.57. The number of hydrogen-bond acceptors (Lipinski definition) is 5. The fourth-order valence-electron chi connectivity index (χ4n) is 2.43. The van der Waals surface area contributed by atoms with Crippen LogP contribution in [-0.4, -0.2) is 32.2 Å². The van der Waals surface area contributed by atoms with E-state index in [2.05, 4.69) is 5.32 Å². The molecule has 2 aromatic rings. The lowest BCUT2D eigenvalue weighted by atomic mass is 10.1. The minimum atomic E-state index is -0.638. The summed E-state index contributed by atoms with van der Waals surface area (Å²) < 4.78 is 15.7. The highest BCUT2D eigenvalue weighted by molar-refractivity contribution is 6.42. The Balaban J connectivity index is 1.93. The summed E-state index contributed by atoms with van der Waals surface area (Å²) in [6.45, 7) is 3.62. The second-order valence-electron chi connectivity index (χ2n) is 5.84. The van der Waals surface area contributed by atoms with E-state index in [0.29, 0.717) is 28.2 Å². The zero-order valence-electron chi connectivity index (χ0n) is 15.8. The van der Waals surface area contributed by atoms with E-state index in [1.807, 2.05) is 6.92 Å². The fraction of sp³-hybridized carbons (Fsp3) is 0.300. The highest BCUT2D eigenvalue weighted by Gasteiger charge is 2.16. The lowest BCUT2D eigenvalue weighted by Crippen LogP contribution is -2.31. The Morgan fingerprint density at radius 2 is 1.82 bits per heavy atom. The number of methoxy groups -OCH3 is 1. The molecule has 2 rings (SSSR count). The highest BCUT2D eigenvalue weighted by Crippen LogP contribution is 2.28. The van der Waals surface area contributed by atoms with Crippen molar-refractivity contribution in [3.8, 4) is 11.5 Å². The second kappa shape index (κ2) is 10.2. The quantitative estimate of drug-likeness (QED) is 0.632. The van der Waals surface area contributed by atoms with E-state index >= 15 is 0 Å². The van der Waals surface area contributed by atoms with Gasteiger partial charge >= 0.3 is 5.97 Å². The summed E-state index contributed by atoms with van der Waals surface area (Å²) in [5.74, 6) is -0.143. The molecule has 1 N–H and O–H groups in total. The van der Waals surface area contributed by atoms with Crippen molar-refractivity contribution in [2.24, 2.45) is 0 Å². The van der Waals surface area contributed by atoms with Crippen molar-refractivity contribution in [2.75, 3.05) is 20.3 Å². The lowest BCUT2D eigenvalue weighted by molar-refractivity contribution is -0.124. The summed E-state index contributed by atoms with van der Waals surface area (Å²) in [6, 6.07) is 9.42. The van der Waals surface area contributed by atoms with E-state index < -0.39 is 18.5 Å². The van der Waals surface area contributed by atoms with Gasteiger partial charge in [-0.3, -0.25) is 4.79 Å². The molecule has 0 aromatic heterocycles. The van der Waals surface area contributed by atoms with E-state index in [-0.39, 0.29) is 11.6 Å². The molecular formula is C20H21Cl2NO5. The number of nitrogens with one attached hydrogen (secondary N) is 1. The maximum absolute atomic E-state index is 12.2. The zero-order valence-corrected chi connectivity index (χ0v) is 17.3. The van der Waals surface area contributed by atoms with Crippen molar-refractivity contribution in [1.82, 2.24) is 5.32 Å². The zero-order chi connectivity index (χ0) is 20.7. The maximum Gasteiger partial charge on any atom is 0.338 e. The first-order chi connectivity index (χ1) is 13.3. The molecule has 150 valence electrons. The van der Waals surface area contributed by atoms with Crippen LogP contribution in [0.3, 0.4) is 0 Å². The first-order valence-electron chi connectivity index (χ1n) is 8.58. The van der Waals surface area contributed by atoms with Crippen molar-refractivity contribution >= 4 is 35.1 Å². The normalized spacial score (nSPS) is 11.5. The first kappa shape index (κ1) is 21.9. The number of benzene rings is 2. The molecule has 0 heterocycles. The van der Waals surface area contributed by atoms with Gasteiger partial charge in [0.1, 0.15) is 0 Å². The highest BCUT2D eigenvalue weighted by atomic mass is 35.5. The van der Waals surface area contributed by atoms with Crippen LogP contribution in [0.15, 0.2) is 36.4 Å². The average molecular weight is 426 g/mol. The van der Waals surface area contributed by atoms with E-state index in [1.54, 1.807) is 37.3 Å². The maximum atomic E-state index is 12.2. The number of esters is 1. The number of halogens is 2.